The second-order valence-electron chi connectivity index (χ2n) is 9.41. The number of hydroxylamine groups is 2. The first-order valence-corrected chi connectivity index (χ1v) is 11.9. The Bertz CT molecular complexity index is 671. The molecule has 1 aromatic carbocycles. The van der Waals surface area contributed by atoms with Crippen LogP contribution in [0.3, 0.4) is 0 Å². The summed E-state index contributed by atoms with van der Waals surface area (Å²) in [7, 11) is 0. The third-order valence-corrected chi connectivity index (χ3v) is 5.59. The van der Waals surface area contributed by atoms with Crippen molar-refractivity contribution in [3.05, 3.63) is 29.3 Å². The lowest BCUT2D eigenvalue weighted by Crippen LogP contribution is -2.60. The molecular weight excluding hydrogens is 390 g/mol. The molecule has 0 saturated carbocycles. The molecule has 6 heteroatoms. The van der Waals surface area contributed by atoms with Gasteiger partial charge in [0.25, 0.3) is 0 Å². The Hall–Kier alpha value is -1.63. The molecule has 0 atom stereocenters. The maximum Gasteiger partial charge on any atom is 0.411 e. The summed E-state index contributed by atoms with van der Waals surface area (Å²) in [5, 5.41) is 18.1. The van der Waals surface area contributed by atoms with Gasteiger partial charge in [0.2, 0.25) is 0 Å². The average molecular weight is 436 g/mol. The van der Waals surface area contributed by atoms with Crippen LogP contribution in [0.4, 0.5) is 10.5 Å². The fraction of sp³-hybridized carbons (Fsp3) is 0.720. The third-order valence-electron chi connectivity index (χ3n) is 5.59. The van der Waals surface area contributed by atoms with Crippen molar-refractivity contribution in [1.82, 2.24) is 10.4 Å². The molecule has 0 aliphatic carbocycles. The van der Waals surface area contributed by atoms with Crippen molar-refractivity contribution in [1.29, 1.82) is 0 Å². The van der Waals surface area contributed by atoms with Gasteiger partial charge in [0.05, 0.1) is 0 Å². The second-order valence-corrected chi connectivity index (χ2v) is 9.41. The Kier molecular flexibility index (Phi) is 11.0. The molecule has 1 aliphatic rings. The zero-order valence-corrected chi connectivity index (χ0v) is 21.0. The van der Waals surface area contributed by atoms with E-state index in [1.54, 1.807) is 0 Å². The minimum atomic E-state index is -0.452. The van der Waals surface area contributed by atoms with Crippen LogP contribution < -0.4 is 10.6 Å². The maximum absolute atomic E-state index is 12.5. The van der Waals surface area contributed by atoms with Crippen molar-refractivity contribution < 1.29 is 14.7 Å². The molecule has 0 bridgehead atoms. The number of aryl methyl sites for hydroxylation is 1. The zero-order valence-electron chi connectivity index (χ0n) is 21.0. The van der Waals surface area contributed by atoms with E-state index in [2.05, 4.69) is 30.5 Å². The van der Waals surface area contributed by atoms with E-state index in [-0.39, 0.29) is 6.10 Å². The fourth-order valence-electron chi connectivity index (χ4n) is 4.34. The van der Waals surface area contributed by atoms with Gasteiger partial charge in [-0.25, -0.2) is 4.79 Å². The van der Waals surface area contributed by atoms with Crippen LogP contribution in [-0.4, -0.2) is 40.1 Å². The molecule has 3 N–H and O–H groups in total. The van der Waals surface area contributed by atoms with Gasteiger partial charge < -0.3 is 15.3 Å². The van der Waals surface area contributed by atoms with Gasteiger partial charge in [-0.3, -0.25) is 5.32 Å². The fourth-order valence-corrected chi connectivity index (χ4v) is 4.34. The largest absolute Gasteiger partial charge is 0.446 e. The minimum Gasteiger partial charge on any atom is -0.446 e. The third kappa shape index (κ3) is 8.09. The van der Waals surface area contributed by atoms with Crippen molar-refractivity contribution in [2.24, 2.45) is 0 Å². The van der Waals surface area contributed by atoms with Crippen LogP contribution in [0.2, 0.25) is 0 Å². The van der Waals surface area contributed by atoms with Crippen molar-refractivity contribution in [3.63, 3.8) is 0 Å². The number of hydrogen-bond acceptors (Lipinski definition) is 5. The Morgan fingerprint density at radius 3 is 2.26 bits per heavy atom. The van der Waals surface area contributed by atoms with E-state index < -0.39 is 17.2 Å². The number of rotatable bonds is 8. The highest BCUT2D eigenvalue weighted by Gasteiger charge is 2.46. The highest BCUT2D eigenvalue weighted by atomic mass is 16.6. The molecule has 1 fully saturated rings. The molecule has 6 nitrogen and oxygen atoms in total. The van der Waals surface area contributed by atoms with Gasteiger partial charge in [0.15, 0.2) is 0 Å². The highest BCUT2D eigenvalue weighted by molar-refractivity contribution is 5.84. The zero-order chi connectivity index (χ0) is 23.7. The number of hydrogen-bond donors (Lipinski definition) is 3. The highest BCUT2D eigenvalue weighted by Crippen LogP contribution is 2.38. The number of benzene rings is 1. The molecule has 0 unspecified atom stereocenters. The van der Waals surface area contributed by atoms with E-state index in [1.165, 1.54) is 16.2 Å². The summed E-state index contributed by atoms with van der Waals surface area (Å²) >= 11 is 0. The Morgan fingerprint density at radius 1 is 1.10 bits per heavy atom. The lowest BCUT2D eigenvalue weighted by atomic mass is 9.80. The van der Waals surface area contributed by atoms with Gasteiger partial charge in [-0.2, -0.15) is 5.06 Å². The van der Waals surface area contributed by atoms with E-state index in [4.69, 9.17) is 4.74 Å². The van der Waals surface area contributed by atoms with E-state index >= 15 is 0 Å². The predicted molar refractivity (Wildman–Crippen MR) is 129 cm³/mol. The number of carbonyl (C=O) groups is 1. The van der Waals surface area contributed by atoms with Gasteiger partial charge >= 0.3 is 6.09 Å². The molecule has 0 radical (unpaired) electrons. The van der Waals surface area contributed by atoms with Crippen molar-refractivity contribution >= 4 is 11.8 Å². The quantitative estimate of drug-likeness (QED) is 0.429. The van der Waals surface area contributed by atoms with E-state index in [0.717, 1.165) is 38.0 Å². The summed E-state index contributed by atoms with van der Waals surface area (Å²) in [6.45, 7) is 17.9. The molecular formula is C25H45N3O3. The Morgan fingerprint density at radius 2 is 1.71 bits per heavy atom. The van der Waals surface area contributed by atoms with Gasteiger partial charge in [-0.15, -0.1) is 0 Å². The first-order chi connectivity index (χ1) is 14.6. The summed E-state index contributed by atoms with van der Waals surface area (Å²) in [6, 6.07) is 6.08. The first kappa shape index (κ1) is 27.4. The lowest BCUT2D eigenvalue weighted by molar-refractivity contribution is -0.256. The lowest BCUT2D eigenvalue weighted by Gasteiger charge is -2.50. The Labute approximate surface area is 189 Å². The first-order valence-electron chi connectivity index (χ1n) is 11.9. The Balaban J connectivity index is 0.00000233. The van der Waals surface area contributed by atoms with Crippen molar-refractivity contribution in [2.75, 3.05) is 11.9 Å². The molecule has 1 saturated heterocycles. The number of ether oxygens (including phenoxy) is 1. The van der Waals surface area contributed by atoms with Gasteiger partial charge in [0.1, 0.15) is 6.10 Å². The second kappa shape index (κ2) is 12.4. The molecule has 31 heavy (non-hydrogen) atoms. The smallest absolute Gasteiger partial charge is 0.411 e. The van der Waals surface area contributed by atoms with Crippen LogP contribution in [0, 0.1) is 0 Å². The van der Waals surface area contributed by atoms with Crippen LogP contribution in [0.5, 0.6) is 0 Å². The van der Waals surface area contributed by atoms with Gasteiger partial charge in [0, 0.05) is 36.2 Å². The summed E-state index contributed by atoms with van der Waals surface area (Å²) in [6.07, 6.45) is 3.69. The predicted octanol–water partition coefficient (Wildman–Crippen LogP) is 6.12. The molecule has 1 aliphatic heterocycles. The van der Waals surface area contributed by atoms with E-state index in [9.17, 15) is 10.0 Å². The monoisotopic (exact) mass is 435 g/mol. The topological polar surface area (TPSA) is 73.8 Å². The molecule has 178 valence electrons. The SMILES string of the molecule is CC.CCCNCc1cc(NC(=O)OC2CC(C)(C)N(O)C(C)(C)C2)ccc1CCC. The molecule has 2 rings (SSSR count). The number of anilines is 1. The number of piperidine rings is 1. The summed E-state index contributed by atoms with van der Waals surface area (Å²) in [5.41, 5.74) is 2.38. The van der Waals surface area contributed by atoms with Crippen LogP contribution in [0.1, 0.15) is 92.2 Å². The van der Waals surface area contributed by atoms with Gasteiger partial charge in [-0.1, -0.05) is 40.2 Å². The van der Waals surface area contributed by atoms with Crippen molar-refractivity contribution in [2.45, 2.75) is 111 Å². The van der Waals surface area contributed by atoms with Crippen LogP contribution >= 0.6 is 0 Å². The maximum atomic E-state index is 12.5. The van der Waals surface area contributed by atoms with E-state index in [0.29, 0.717) is 12.8 Å². The average Bonchev–Trinajstić information content (AvgIpc) is 2.69. The molecule has 1 amide bonds. The van der Waals surface area contributed by atoms with Crippen LogP contribution in [-0.2, 0) is 17.7 Å². The minimum absolute atomic E-state index is 0.242. The van der Waals surface area contributed by atoms with Crippen LogP contribution in [0.25, 0.3) is 0 Å². The molecule has 0 spiro atoms. The summed E-state index contributed by atoms with van der Waals surface area (Å²) < 4.78 is 5.73. The summed E-state index contributed by atoms with van der Waals surface area (Å²) in [5.74, 6) is 0. The normalized spacial score (nSPS) is 18.1. The number of nitrogens with zero attached hydrogens (tertiary/aromatic N) is 1. The molecule has 0 aromatic heterocycles. The van der Waals surface area contributed by atoms with Crippen LogP contribution in [0.15, 0.2) is 18.2 Å². The number of amides is 1. The van der Waals surface area contributed by atoms with Crippen molar-refractivity contribution in [3.8, 4) is 0 Å². The van der Waals surface area contributed by atoms with E-state index in [1.807, 2.05) is 53.7 Å². The number of carbonyl (C=O) groups excluding carboxylic acids is 1. The summed E-state index contributed by atoms with van der Waals surface area (Å²) in [4.78, 5) is 12.5. The van der Waals surface area contributed by atoms with Gasteiger partial charge in [-0.05, 0) is 70.3 Å². The number of nitrogens with one attached hydrogen (secondary N) is 2. The standard InChI is InChI=1S/C23H39N3O3.C2H6/c1-7-9-17-10-11-19(13-18(17)16-24-12-8-2)25-21(27)29-20-14-22(3,4)26(28)23(5,6)15-20;1-2/h10-11,13,20,24,28H,7-9,12,14-16H2,1-6H3,(H,25,27);1-2H3. The molecule has 1 aromatic rings. The molecule has 1 heterocycles.